The topological polar surface area (TPSA) is 95.1 Å². The molecule has 0 fully saturated rings. The molecule has 2 rings (SSSR count). The van der Waals surface area contributed by atoms with Gasteiger partial charge in [-0.1, -0.05) is 0 Å². The summed E-state index contributed by atoms with van der Waals surface area (Å²) < 4.78 is 59.6. The number of nitrogens with one attached hydrogen (secondary N) is 2. The minimum Gasteiger partial charge on any atom is -0.390 e. The zero-order valence-electron chi connectivity index (χ0n) is 11.1. The van der Waals surface area contributed by atoms with Crippen molar-refractivity contribution in [2.45, 2.75) is 23.6 Å². The number of hydrogen-bond acceptors (Lipinski definition) is 5. The van der Waals surface area contributed by atoms with Gasteiger partial charge in [-0.3, -0.25) is 5.10 Å². The Kier molecular flexibility index (Phi) is 4.42. The fourth-order valence-electron chi connectivity index (χ4n) is 1.66. The van der Waals surface area contributed by atoms with Gasteiger partial charge in [0.15, 0.2) is 0 Å². The van der Waals surface area contributed by atoms with E-state index in [1.807, 2.05) is 0 Å². The molecule has 0 radical (unpaired) electrons. The summed E-state index contributed by atoms with van der Waals surface area (Å²) >= 11 is 0. The van der Waals surface area contributed by atoms with Crippen LogP contribution in [0.15, 0.2) is 35.2 Å². The van der Waals surface area contributed by atoms with E-state index in [0.717, 1.165) is 12.1 Å². The van der Waals surface area contributed by atoms with Crippen LogP contribution in [0.1, 0.15) is 11.4 Å². The average molecular weight is 335 g/mol. The molecule has 3 N–H and O–H groups in total. The number of nitrogens with zero attached hydrogens (tertiary/aromatic N) is 1. The Balaban J connectivity index is 2.06. The van der Waals surface area contributed by atoms with Crippen molar-refractivity contribution in [2.24, 2.45) is 0 Å². The van der Waals surface area contributed by atoms with Crippen LogP contribution < -0.4 is 5.32 Å². The van der Waals surface area contributed by atoms with Gasteiger partial charge in [-0.25, -0.2) is 8.42 Å². The van der Waals surface area contributed by atoms with Crippen molar-refractivity contribution in [3.8, 4) is 0 Å². The second-order valence-corrected chi connectivity index (χ2v) is 6.31. The summed E-state index contributed by atoms with van der Waals surface area (Å²) in [5.74, 6) is 0. The number of alkyl halides is 3. The molecule has 0 aliphatic rings. The van der Waals surface area contributed by atoms with E-state index in [1.165, 1.54) is 12.1 Å². The molecule has 6 nitrogen and oxygen atoms in total. The zero-order chi connectivity index (χ0) is 16.4. The third-order valence-corrected chi connectivity index (χ3v) is 4.30. The molecule has 1 heterocycles. The molecule has 2 aromatic rings. The van der Waals surface area contributed by atoms with Crippen molar-refractivity contribution in [3.05, 3.63) is 41.7 Å². The van der Waals surface area contributed by atoms with E-state index in [2.05, 4.69) is 15.5 Å². The van der Waals surface area contributed by atoms with Gasteiger partial charge in [0.1, 0.15) is 0 Å². The number of aromatic nitrogens is 2. The van der Waals surface area contributed by atoms with E-state index < -0.39 is 20.2 Å². The summed E-state index contributed by atoms with van der Waals surface area (Å²) in [5.41, 5.74) is -3.75. The average Bonchev–Trinajstić information content (AvgIpc) is 2.92. The fourth-order valence-corrected chi connectivity index (χ4v) is 2.43. The SMILES string of the molecule is O=S(=O)(c1ccc(NCc2cc(CO)n[nH]2)cc1)C(F)(F)F. The van der Waals surface area contributed by atoms with E-state index in [0.29, 0.717) is 23.6 Å². The van der Waals surface area contributed by atoms with Crippen molar-refractivity contribution in [1.29, 1.82) is 0 Å². The maximum atomic E-state index is 12.4. The van der Waals surface area contributed by atoms with Crippen LogP contribution in [-0.4, -0.2) is 29.2 Å². The largest absolute Gasteiger partial charge is 0.501 e. The van der Waals surface area contributed by atoms with Crippen LogP contribution in [0.5, 0.6) is 0 Å². The number of H-pyrrole nitrogens is 1. The molecular formula is C12H12F3N3O3S. The summed E-state index contributed by atoms with van der Waals surface area (Å²) in [6, 6.07) is 5.87. The van der Waals surface area contributed by atoms with Crippen LogP contribution in [-0.2, 0) is 23.0 Å². The third kappa shape index (κ3) is 3.39. The van der Waals surface area contributed by atoms with Crippen molar-refractivity contribution >= 4 is 15.5 Å². The minimum atomic E-state index is -5.33. The van der Waals surface area contributed by atoms with Gasteiger partial charge in [0.25, 0.3) is 9.84 Å². The first-order valence-electron chi connectivity index (χ1n) is 6.03. The predicted octanol–water partition coefficient (Wildman–Crippen LogP) is 1.81. The molecule has 0 amide bonds. The number of halogens is 3. The summed E-state index contributed by atoms with van der Waals surface area (Å²) in [4.78, 5) is -0.811. The van der Waals surface area contributed by atoms with Gasteiger partial charge in [-0.05, 0) is 30.3 Å². The normalized spacial score (nSPS) is 12.4. The molecule has 1 aromatic heterocycles. The molecule has 0 atom stereocenters. The number of sulfone groups is 1. The first kappa shape index (κ1) is 16.3. The highest BCUT2D eigenvalue weighted by atomic mass is 32.2. The van der Waals surface area contributed by atoms with Gasteiger partial charge in [0.2, 0.25) is 0 Å². The van der Waals surface area contributed by atoms with E-state index in [9.17, 15) is 21.6 Å². The Labute approximate surface area is 123 Å². The fraction of sp³-hybridized carbons (Fsp3) is 0.250. The lowest BCUT2D eigenvalue weighted by Gasteiger charge is -2.09. The molecule has 10 heteroatoms. The van der Waals surface area contributed by atoms with Gasteiger partial charge >= 0.3 is 5.51 Å². The number of hydrogen-bond donors (Lipinski definition) is 3. The van der Waals surface area contributed by atoms with E-state index in [1.54, 1.807) is 6.07 Å². The second-order valence-electron chi connectivity index (χ2n) is 4.37. The number of benzene rings is 1. The van der Waals surface area contributed by atoms with Crippen molar-refractivity contribution in [3.63, 3.8) is 0 Å². The molecular weight excluding hydrogens is 323 g/mol. The van der Waals surface area contributed by atoms with Crippen LogP contribution in [0.25, 0.3) is 0 Å². The zero-order valence-corrected chi connectivity index (χ0v) is 11.9. The highest BCUT2D eigenvalue weighted by Crippen LogP contribution is 2.30. The van der Waals surface area contributed by atoms with Gasteiger partial charge < -0.3 is 10.4 Å². The van der Waals surface area contributed by atoms with E-state index in [4.69, 9.17) is 5.11 Å². The predicted molar refractivity (Wildman–Crippen MR) is 71.5 cm³/mol. The van der Waals surface area contributed by atoms with Crippen molar-refractivity contribution < 1.29 is 26.7 Å². The lowest BCUT2D eigenvalue weighted by molar-refractivity contribution is -0.0436. The first-order valence-corrected chi connectivity index (χ1v) is 7.51. The molecule has 0 aliphatic carbocycles. The number of rotatable bonds is 5. The van der Waals surface area contributed by atoms with Crippen LogP contribution >= 0.6 is 0 Å². The van der Waals surface area contributed by atoms with Crippen LogP contribution in [0.3, 0.4) is 0 Å². The highest BCUT2D eigenvalue weighted by molar-refractivity contribution is 7.92. The van der Waals surface area contributed by atoms with Gasteiger partial charge in [0, 0.05) is 5.69 Å². The Bertz CT molecular complexity index is 739. The maximum Gasteiger partial charge on any atom is 0.501 e. The van der Waals surface area contributed by atoms with Gasteiger partial charge in [-0.2, -0.15) is 18.3 Å². The van der Waals surface area contributed by atoms with Crippen molar-refractivity contribution in [2.75, 3.05) is 5.32 Å². The summed E-state index contributed by atoms with van der Waals surface area (Å²) in [6.07, 6.45) is 0. The summed E-state index contributed by atoms with van der Waals surface area (Å²) in [6.45, 7) is 0.0822. The number of aliphatic hydroxyl groups excluding tert-OH is 1. The summed E-state index contributed by atoms with van der Waals surface area (Å²) in [7, 11) is -5.33. The third-order valence-electron chi connectivity index (χ3n) is 2.80. The lowest BCUT2D eigenvalue weighted by atomic mass is 10.3. The van der Waals surface area contributed by atoms with Crippen LogP contribution in [0.4, 0.5) is 18.9 Å². The van der Waals surface area contributed by atoms with Crippen LogP contribution in [0, 0.1) is 0 Å². The molecule has 0 unspecified atom stereocenters. The standard InChI is InChI=1S/C12H12F3N3O3S/c13-12(14,15)22(20,21)11-3-1-8(2-4-11)16-6-9-5-10(7-19)18-17-9/h1-5,16,19H,6-7H2,(H,17,18). The maximum absolute atomic E-state index is 12.4. The van der Waals surface area contributed by atoms with Crippen molar-refractivity contribution in [1.82, 2.24) is 10.2 Å². The molecule has 0 spiro atoms. The molecule has 120 valence electrons. The highest BCUT2D eigenvalue weighted by Gasteiger charge is 2.46. The van der Waals surface area contributed by atoms with E-state index >= 15 is 0 Å². The van der Waals surface area contributed by atoms with Gasteiger partial charge in [-0.15, -0.1) is 0 Å². The quantitative estimate of drug-likeness (QED) is 0.774. The van der Waals surface area contributed by atoms with E-state index in [-0.39, 0.29) is 6.61 Å². The van der Waals surface area contributed by atoms with Crippen LogP contribution in [0.2, 0.25) is 0 Å². The summed E-state index contributed by atoms with van der Waals surface area (Å²) in [5, 5.41) is 18.2. The molecule has 0 saturated heterocycles. The number of aliphatic hydroxyl groups is 1. The monoisotopic (exact) mass is 335 g/mol. The molecule has 0 bridgehead atoms. The number of anilines is 1. The molecule has 22 heavy (non-hydrogen) atoms. The molecule has 1 aromatic carbocycles. The first-order chi connectivity index (χ1) is 10.2. The Morgan fingerprint density at radius 1 is 1.23 bits per heavy atom. The lowest BCUT2D eigenvalue weighted by Crippen LogP contribution is -2.23. The second kappa shape index (κ2) is 5.97. The Hall–Kier alpha value is -2.07. The number of aromatic amines is 1. The molecule has 0 aliphatic heterocycles. The Morgan fingerprint density at radius 2 is 1.86 bits per heavy atom. The Morgan fingerprint density at radius 3 is 2.36 bits per heavy atom. The van der Waals surface area contributed by atoms with Gasteiger partial charge in [0.05, 0.1) is 29.4 Å². The smallest absolute Gasteiger partial charge is 0.390 e. The molecule has 0 saturated carbocycles. The minimum absolute atomic E-state index is 0.208.